The molecule has 3 rings (SSSR count). The predicted octanol–water partition coefficient (Wildman–Crippen LogP) is 4.77. The van der Waals surface area contributed by atoms with Gasteiger partial charge in [-0.3, -0.25) is 4.98 Å². The van der Waals surface area contributed by atoms with Crippen molar-refractivity contribution in [2.45, 2.75) is 12.5 Å². The van der Waals surface area contributed by atoms with Crippen LogP contribution in [-0.4, -0.2) is 10.1 Å². The summed E-state index contributed by atoms with van der Waals surface area (Å²) in [5.74, 6) is 0. The van der Waals surface area contributed by atoms with Gasteiger partial charge in [0.1, 0.15) is 0 Å². The minimum absolute atomic E-state index is 0.560. The van der Waals surface area contributed by atoms with Gasteiger partial charge in [0.25, 0.3) is 0 Å². The largest absolute Gasteiger partial charge is 0.388 e. The fraction of sp³-hybridized carbons (Fsp3) is 0.118. The van der Waals surface area contributed by atoms with Crippen molar-refractivity contribution in [2.24, 2.45) is 0 Å². The average Bonchev–Trinajstić information content (AvgIpc) is 2.50. The van der Waals surface area contributed by atoms with Crippen LogP contribution in [0.5, 0.6) is 0 Å². The minimum Gasteiger partial charge on any atom is -0.388 e. The molecular weight excluding hydrogens is 397 g/mol. The molecule has 0 aliphatic rings. The fourth-order valence-corrected chi connectivity index (χ4v) is 2.96. The highest BCUT2D eigenvalue weighted by atomic mass is 127. The molecule has 0 saturated heterocycles. The Kier molecular flexibility index (Phi) is 4.42. The molecule has 3 aromatic rings. The van der Waals surface area contributed by atoms with E-state index >= 15 is 0 Å². The van der Waals surface area contributed by atoms with Gasteiger partial charge in [0.15, 0.2) is 0 Å². The van der Waals surface area contributed by atoms with E-state index in [0.29, 0.717) is 11.4 Å². The van der Waals surface area contributed by atoms with E-state index in [2.05, 4.69) is 27.6 Å². The molecule has 0 aliphatic carbocycles. The average molecular weight is 410 g/mol. The highest BCUT2D eigenvalue weighted by molar-refractivity contribution is 14.1. The minimum atomic E-state index is -0.597. The lowest BCUT2D eigenvalue weighted by molar-refractivity contribution is 0.180. The second-order valence-electron chi connectivity index (χ2n) is 4.88. The van der Waals surface area contributed by atoms with Crippen molar-refractivity contribution in [3.05, 3.63) is 74.4 Å². The van der Waals surface area contributed by atoms with Gasteiger partial charge in [0, 0.05) is 32.2 Å². The standard InChI is InChI=1S/C17H13ClINO/c18-15-8-7-14(17-13(15)2-1-9-20-17)16(21)10-11-3-5-12(19)6-4-11/h1-9,16,21H,10H2. The molecule has 0 saturated carbocycles. The van der Waals surface area contributed by atoms with Crippen molar-refractivity contribution in [2.75, 3.05) is 0 Å². The first-order valence-electron chi connectivity index (χ1n) is 6.61. The number of pyridine rings is 1. The zero-order valence-corrected chi connectivity index (χ0v) is 14.0. The monoisotopic (exact) mass is 409 g/mol. The molecule has 0 aliphatic heterocycles. The molecule has 1 aromatic heterocycles. The molecule has 1 unspecified atom stereocenters. The van der Waals surface area contributed by atoms with E-state index < -0.39 is 6.10 Å². The molecule has 21 heavy (non-hydrogen) atoms. The van der Waals surface area contributed by atoms with E-state index in [1.807, 2.05) is 48.5 Å². The third kappa shape index (κ3) is 3.20. The first-order valence-corrected chi connectivity index (χ1v) is 8.06. The van der Waals surface area contributed by atoms with Gasteiger partial charge in [-0.25, -0.2) is 0 Å². The lowest BCUT2D eigenvalue weighted by Crippen LogP contribution is -2.03. The maximum atomic E-state index is 10.5. The number of rotatable bonds is 3. The van der Waals surface area contributed by atoms with Crippen LogP contribution in [0.25, 0.3) is 10.9 Å². The van der Waals surface area contributed by atoms with Crippen molar-refractivity contribution >= 4 is 45.1 Å². The lowest BCUT2D eigenvalue weighted by Gasteiger charge is -2.14. The number of aliphatic hydroxyl groups is 1. The Bertz CT molecular complexity index is 773. The number of aliphatic hydroxyl groups excluding tert-OH is 1. The molecule has 1 atom stereocenters. The predicted molar refractivity (Wildman–Crippen MR) is 94.6 cm³/mol. The molecule has 0 bridgehead atoms. The molecule has 1 heterocycles. The zero-order valence-electron chi connectivity index (χ0n) is 11.1. The highest BCUT2D eigenvalue weighted by Crippen LogP contribution is 2.30. The Hall–Kier alpha value is -1.17. The fourth-order valence-electron chi connectivity index (χ4n) is 2.38. The van der Waals surface area contributed by atoms with Crippen LogP contribution in [0.15, 0.2) is 54.7 Å². The van der Waals surface area contributed by atoms with Gasteiger partial charge in [-0.1, -0.05) is 29.8 Å². The Balaban J connectivity index is 1.96. The Morgan fingerprint density at radius 1 is 1.10 bits per heavy atom. The number of hydrogen-bond acceptors (Lipinski definition) is 2. The second kappa shape index (κ2) is 6.30. The van der Waals surface area contributed by atoms with Crippen LogP contribution < -0.4 is 0 Å². The van der Waals surface area contributed by atoms with Crippen LogP contribution in [0.4, 0.5) is 0 Å². The molecule has 0 amide bonds. The Labute approximate surface area is 141 Å². The van der Waals surface area contributed by atoms with E-state index in [-0.39, 0.29) is 0 Å². The molecular formula is C17H13ClINO. The van der Waals surface area contributed by atoms with Crippen molar-refractivity contribution in [3.63, 3.8) is 0 Å². The van der Waals surface area contributed by atoms with E-state index in [4.69, 9.17) is 11.6 Å². The molecule has 106 valence electrons. The van der Waals surface area contributed by atoms with Crippen molar-refractivity contribution in [1.82, 2.24) is 4.98 Å². The topological polar surface area (TPSA) is 33.1 Å². The number of benzene rings is 2. The molecule has 0 spiro atoms. The summed E-state index contributed by atoms with van der Waals surface area (Å²) in [5.41, 5.74) is 2.68. The van der Waals surface area contributed by atoms with E-state index in [1.165, 1.54) is 3.57 Å². The van der Waals surface area contributed by atoms with E-state index in [0.717, 1.165) is 22.0 Å². The van der Waals surface area contributed by atoms with Gasteiger partial charge in [-0.05, 0) is 58.5 Å². The molecule has 2 nitrogen and oxygen atoms in total. The van der Waals surface area contributed by atoms with Crippen LogP contribution in [-0.2, 0) is 6.42 Å². The first kappa shape index (κ1) is 14.8. The first-order chi connectivity index (χ1) is 10.1. The third-order valence-electron chi connectivity index (χ3n) is 3.45. The summed E-state index contributed by atoms with van der Waals surface area (Å²) in [4.78, 5) is 4.37. The van der Waals surface area contributed by atoms with Gasteiger partial charge in [0.2, 0.25) is 0 Å². The third-order valence-corrected chi connectivity index (χ3v) is 4.50. The molecule has 4 heteroatoms. The van der Waals surface area contributed by atoms with Crippen LogP contribution in [0.2, 0.25) is 5.02 Å². The number of fused-ring (bicyclic) bond motifs is 1. The summed E-state index contributed by atoms with van der Waals surface area (Å²) >= 11 is 8.46. The summed E-state index contributed by atoms with van der Waals surface area (Å²) in [6.07, 6.45) is 1.68. The lowest BCUT2D eigenvalue weighted by atomic mass is 9.99. The van der Waals surface area contributed by atoms with Crippen LogP contribution >= 0.6 is 34.2 Å². The van der Waals surface area contributed by atoms with Gasteiger partial charge >= 0.3 is 0 Å². The highest BCUT2D eigenvalue weighted by Gasteiger charge is 2.14. The number of nitrogens with zero attached hydrogens (tertiary/aromatic N) is 1. The summed E-state index contributed by atoms with van der Waals surface area (Å²) in [7, 11) is 0. The Morgan fingerprint density at radius 2 is 1.86 bits per heavy atom. The number of hydrogen-bond donors (Lipinski definition) is 1. The van der Waals surface area contributed by atoms with Crippen LogP contribution in [0.1, 0.15) is 17.2 Å². The summed E-state index contributed by atoms with van der Waals surface area (Å²) < 4.78 is 1.18. The van der Waals surface area contributed by atoms with Gasteiger partial charge < -0.3 is 5.11 Å². The van der Waals surface area contributed by atoms with Crippen molar-refractivity contribution in [1.29, 1.82) is 0 Å². The molecule has 1 N–H and O–H groups in total. The van der Waals surface area contributed by atoms with Crippen LogP contribution in [0.3, 0.4) is 0 Å². The van der Waals surface area contributed by atoms with Gasteiger partial charge in [-0.15, -0.1) is 0 Å². The van der Waals surface area contributed by atoms with Crippen LogP contribution in [0, 0.1) is 3.57 Å². The van der Waals surface area contributed by atoms with Crippen molar-refractivity contribution in [3.8, 4) is 0 Å². The SMILES string of the molecule is OC(Cc1ccc(I)cc1)c1ccc(Cl)c2cccnc12. The maximum absolute atomic E-state index is 10.5. The van der Waals surface area contributed by atoms with E-state index in [9.17, 15) is 5.11 Å². The smallest absolute Gasteiger partial charge is 0.0851 e. The van der Waals surface area contributed by atoms with Gasteiger partial charge in [0.05, 0.1) is 11.6 Å². The number of halogens is 2. The van der Waals surface area contributed by atoms with Crippen molar-refractivity contribution < 1.29 is 5.11 Å². The zero-order chi connectivity index (χ0) is 14.8. The van der Waals surface area contributed by atoms with Gasteiger partial charge in [-0.2, -0.15) is 0 Å². The molecule has 0 fully saturated rings. The number of aromatic nitrogens is 1. The normalized spacial score (nSPS) is 12.5. The van der Waals surface area contributed by atoms with E-state index in [1.54, 1.807) is 6.20 Å². The summed E-state index contributed by atoms with van der Waals surface area (Å²) in [6, 6.07) is 15.6. The quantitative estimate of drug-likeness (QED) is 0.632. The molecule has 2 aromatic carbocycles. The molecule has 0 radical (unpaired) electrons. The second-order valence-corrected chi connectivity index (χ2v) is 6.54. The Morgan fingerprint density at radius 3 is 2.62 bits per heavy atom. The maximum Gasteiger partial charge on any atom is 0.0851 e. The summed E-state index contributed by atoms with van der Waals surface area (Å²) in [5, 5.41) is 12.1. The summed E-state index contributed by atoms with van der Waals surface area (Å²) in [6.45, 7) is 0.